The number of carbonyl (C=O) groups excluding carboxylic acids is 1. The Morgan fingerprint density at radius 3 is 2.58 bits per heavy atom. The number of aromatic nitrogens is 3. The van der Waals surface area contributed by atoms with Crippen molar-refractivity contribution in [2.75, 3.05) is 17.3 Å². The standard InChI is InChI=1S/C23H27N5O2S/c1-5-19-25-26-23-28(19)27-20(16-8-11-18(12-9-16)30-6-2)21(31-23)22(29)24-17-10-7-14(3)15(4)13-17/h7-13,20-21,27H,5-6H2,1-4H3,(H,24,29)/t20-,21+/m0/s1. The zero-order chi connectivity index (χ0) is 22.0. The van der Waals surface area contributed by atoms with Gasteiger partial charge in [-0.2, -0.15) is 0 Å². The van der Waals surface area contributed by atoms with Crippen LogP contribution in [0.15, 0.2) is 47.6 Å². The van der Waals surface area contributed by atoms with Gasteiger partial charge in [-0.15, -0.1) is 10.2 Å². The fourth-order valence-corrected chi connectivity index (χ4v) is 4.65. The second kappa shape index (κ2) is 9.01. The Morgan fingerprint density at radius 1 is 1.13 bits per heavy atom. The maximum Gasteiger partial charge on any atom is 0.240 e. The number of benzene rings is 2. The smallest absolute Gasteiger partial charge is 0.240 e. The molecule has 0 unspecified atom stereocenters. The molecule has 2 heterocycles. The van der Waals surface area contributed by atoms with Crippen molar-refractivity contribution in [3.63, 3.8) is 0 Å². The van der Waals surface area contributed by atoms with Crippen LogP contribution in [-0.2, 0) is 11.2 Å². The molecular formula is C23H27N5O2S. The van der Waals surface area contributed by atoms with Crippen LogP contribution in [-0.4, -0.2) is 32.6 Å². The Balaban J connectivity index is 1.64. The number of thioether (sulfide) groups is 1. The predicted octanol–water partition coefficient (Wildman–Crippen LogP) is 4.25. The lowest BCUT2D eigenvalue weighted by Crippen LogP contribution is -2.41. The molecule has 0 aliphatic carbocycles. The van der Waals surface area contributed by atoms with Gasteiger partial charge >= 0.3 is 0 Å². The summed E-state index contributed by atoms with van der Waals surface area (Å²) >= 11 is 1.43. The van der Waals surface area contributed by atoms with Gasteiger partial charge in [0.15, 0.2) is 5.82 Å². The zero-order valence-corrected chi connectivity index (χ0v) is 19.0. The topological polar surface area (TPSA) is 81.1 Å². The molecule has 0 fully saturated rings. The van der Waals surface area contributed by atoms with Crippen LogP contribution >= 0.6 is 11.8 Å². The molecule has 31 heavy (non-hydrogen) atoms. The average Bonchev–Trinajstić information content (AvgIpc) is 3.18. The van der Waals surface area contributed by atoms with E-state index in [1.54, 1.807) is 0 Å². The van der Waals surface area contributed by atoms with Gasteiger partial charge in [-0.3, -0.25) is 4.79 Å². The molecule has 2 aromatic carbocycles. The first-order valence-electron chi connectivity index (χ1n) is 10.5. The molecule has 1 aliphatic rings. The van der Waals surface area contributed by atoms with E-state index in [2.05, 4.69) is 27.9 Å². The lowest BCUT2D eigenvalue weighted by molar-refractivity contribution is -0.116. The summed E-state index contributed by atoms with van der Waals surface area (Å²) in [5.74, 6) is 1.57. The molecule has 0 radical (unpaired) electrons. The monoisotopic (exact) mass is 437 g/mol. The third kappa shape index (κ3) is 4.39. The van der Waals surface area contributed by atoms with Crippen molar-refractivity contribution >= 4 is 23.4 Å². The normalized spacial score (nSPS) is 17.5. The van der Waals surface area contributed by atoms with E-state index >= 15 is 0 Å². The number of amides is 1. The van der Waals surface area contributed by atoms with Crippen LogP contribution in [0.4, 0.5) is 5.69 Å². The van der Waals surface area contributed by atoms with Crippen LogP contribution in [0.3, 0.4) is 0 Å². The van der Waals surface area contributed by atoms with E-state index in [0.717, 1.165) is 34.8 Å². The van der Waals surface area contributed by atoms with E-state index in [-0.39, 0.29) is 11.9 Å². The lowest BCUT2D eigenvalue weighted by atomic mass is 10.0. The van der Waals surface area contributed by atoms with Crippen molar-refractivity contribution in [1.82, 2.24) is 14.9 Å². The van der Waals surface area contributed by atoms with E-state index in [1.165, 1.54) is 17.3 Å². The van der Waals surface area contributed by atoms with Crippen molar-refractivity contribution in [2.24, 2.45) is 0 Å². The number of anilines is 1. The van der Waals surface area contributed by atoms with Gasteiger partial charge in [0.1, 0.15) is 11.0 Å². The number of hydrogen-bond donors (Lipinski definition) is 2. The highest BCUT2D eigenvalue weighted by Gasteiger charge is 2.37. The van der Waals surface area contributed by atoms with E-state index in [4.69, 9.17) is 4.74 Å². The predicted molar refractivity (Wildman–Crippen MR) is 123 cm³/mol. The van der Waals surface area contributed by atoms with E-state index < -0.39 is 5.25 Å². The van der Waals surface area contributed by atoms with Crippen LogP contribution in [0, 0.1) is 13.8 Å². The third-order valence-corrected chi connectivity index (χ3v) is 6.62. The van der Waals surface area contributed by atoms with Gasteiger partial charge in [0.25, 0.3) is 0 Å². The molecule has 1 aromatic heterocycles. The summed E-state index contributed by atoms with van der Waals surface area (Å²) in [6, 6.07) is 13.6. The van der Waals surface area contributed by atoms with Crippen LogP contribution in [0.25, 0.3) is 0 Å². The molecule has 7 nitrogen and oxygen atoms in total. The molecule has 2 N–H and O–H groups in total. The Kier molecular flexibility index (Phi) is 6.18. The Bertz CT molecular complexity index is 1080. The molecule has 8 heteroatoms. The number of ether oxygens (including phenoxy) is 1. The van der Waals surface area contributed by atoms with Gasteiger partial charge in [0.05, 0.1) is 12.6 Å². The Hall–Kier alpha value is -3.00. The third-order valence-electron chi connectivity index (χ3n) is 5.40. The van der Waals surface area contributed by atoms with Crippen LogP contribution in [0.1, 0.15) is 42.4 Å². The molecule has 0 spiro atoms. The highest BCUT2D eigenvalue weighted by Crippen LogP contribution is 2.38. The highest BCUT2D eigenvalue weighted by atomic mass is 32.2. The summed E-state index contributed by atoms with van der Waals surface area (Å²) in [5, 5.41) is 11.9. The quantitative estimate of drug-likeness (QED) is 0.600. The number of carbonyl (C=O) groups is 1. The van der Waals surface area contributed by atoms with E-state index in [9.17, 15) is 4.79 Å². The fraction of sp³-hybridized carbons (Fsp3) is 0.348. The summed E-state index contributed by atoms with van der Waals surface area (Å²) in [5.41, 5.74) is 7.60. The molecule has 0 bridgehead atoms. The first-order chi connectivity index (χ1) is 15.0. The van der Waals surface area contributed by atoms with Crippen molar-refractivity contribution in [2.45, 2.75) is 50.6 Å². The van der Waals surface area contributed by atoms with Gasteiger partial charge < -0.3 is 15.5 Å². The number of aryl methyl sites for hydroxylation is 3. The minimum atomic E-state index is -0.416. The van der Waals surface area contributed by atoms with E-state index in [1.807, 2.05) is 67.9 Å². The number of fused-ring (bicyclic) bond motifs is 1. The first-order valence-corrected chi connectivity index (χ1v) is 11.4. The van der Waals surface area contributed by atoms with Gasteiger partial charge in [-0.1, -0.05) is 36.9 Å². The van der Waals surface area contributed by atoms with Crippen molar-refractivity contribution in [1.29, 1.82) is 0 Å². The first kappa shape index (κ1) is 21.2. The molecular weight excluding hydrogens is 410 g/mol. The van der Waals surface area contributed by atoms with Gasteiger partial charge in [0, 0.05) is 12.1 Å². The minimum absolute atomic E-state index is 0.0769. The maximum atomic E-state index is 13.3. The van der Waals surface area contributed by atoms with Crippen molar-refractivity contribution < 1.29 is 9.53 Å². The molecule has 1 amide bonds. The summed E-state index contributed by atoms with van der Waals surface area (Å²) < 4.78 is 7.47. The number of hydrogen-bond acceptors (Lipinski definition) is 6. The van der Waals surface area contributed by atoms with Crippen LogP contribution in [0.5, 0.6) is 5.75 Å². The maximum absolute atomic E-state index is 13.3. The zero-order valence-electron chi connectivity index (χ0n) is 18.2. The second-order valence-corrected chi connectivity index (χ2v) is 8.63. The molecule has 3 aromatic rings. The van der Waals surface area contributed by atoms with Crippen LogP contribution in [0.2, 0.25) is 0 Å². The second-order valence-electron chi connectivity index (χ2n) is 7.52. The molecule has 0 saturated carbocycles. The van der Waals surface area contributed by atoms with Gasteiger partial charge in [-0.25, -0.2) is 4.68 Å². The largest absolute Gasteiger partial charge is 0.494 e. The molecule has 2 atom stereocenters. The Morgan fingerprint density at radius 2 is 1.90 bits per heavy atom. The summed E-state index contributed by atoms with van der Waals surface area (Å²) in [7, 11) is 0. The lowest BCUT2D eigenvalue weighted by Gasteiger charge is -2.33. The number of nitrogens with zero attached hydrogens (tertiary/aromatic N) is 3. The fourth-order valence-electron chi connectivity index (χ4n) is 3.55. The summed E-state index contributed by atoms with van der Waals surface area (Å²) in [4.78, 5) is 13.3. The van der Waals surface area contributed by atoms with Crippen LogP contribution < -0.4 is 15.5 Å². The summed E-state index contributed by atoms with van der Waals surface area (Å²) in [6.07, 6.45) is 0.746. The average molecular weight is 438 g/mol. The minimum Gasteiger partial charge on any atom is -0.494 e. The van der Waals surface area contributed by atoms with Crippen molar-refractivity contribution in [3.05, 3.63) is 65.0 Å². The SMILES string of the molecule is CCOc1ccc([C@@H]2Nn3c(CC)nnc3S[C@H]2C(=O)Nc2ccc(C)c(C)c2)cc1. The number of rotatable bonds is 6. The molecule has 1 aliphatic heterocycles. The number of nitrogens with one attached hydrogen (secondary N) is 2. The molecule has 0 saturated heterocycles. The molecule has 162 valence electrons. The highest BCUT2D eigenvalue weighted by molar-refractivity contribution is 8.00. The Labute approximate surface area is 186 Å². The van der Waals surface area contributed by atoms with Gasteiger partial charge in [-0.05, 0) is 61.7 Å². The van der Waals surface area contributed by atoms with E-state index in [0.29, 0.717) is 11.8 Å². The van der Waals surface area contributed by atoms with Crippen molar-refractivity contribution in [3.8, 4) is 5.75 Å². The summed E-state index contributed by atoms with van der Waals surface area (Å²) in [6.45, 7) is 8.71. The van der Waals surface area contributed by atoms with Gasteiger partial charge in [0.2, 0.25) is 11.1 Å². The molecule has 4 rings (SSSR count).